The second kappa shape index (κ2) is 19.9. The van der Waals surface area contributed by atoms with E-state index in [1.165, 1.54) is 122 Å². The van der Waals surface area contributed by atoms with Crippen LogP contribution >= 0.6 is 0 Å². The molecule has 0 radical (unpaired) electrons. The highest BCUT2D eigenvalue weighted by Gasteiger charge is 2.25. The van der Waals surface area contributed by atoms with Crippen LogP contribution in [0.1, 0.15) is 81.2 Å². The molecule has 0 bridgehead atoms. The number of aryl methyl sites for hydroxylation is 4. The number of rotatable bonds is 5. The Labute approximate surface area is 370 Å². The third-order valence-corrected chi connectivity index (χ3v) is 12.1. The third-order valence-electron chi connectivity index (χ3n) is 12.1. The molecule has 0 heterocycles. The minimum Gasteiger partial charge on any atom is -0.0876 e. The van der Waals surface area contributed by atoms with Crippen molar-refractivity contribution in [3.05, 3.63) is 209 Å². The quantitative estimate of drug-likeness (QED) is 0.163. The van der Waals surface area contributed by atoms with Gasteiger partial charge >= 0.3 is 0 Å². The van der Waals surface area contributed by atoms with Crippen molar-refractivity contribution in [3.8, 4) is 22.3 Å². The van der Waals surface area contributed by atoms with Crippen molar-refractivity contribution in [1.29, 1.82) is 0 Å². The minimum absolute atomic E-state index is 0.704. The molecule has 310 valence electrons. The maximum atomic E-state index is 2.46. The zero-order chi connectivity index (χ0) is 43.8. The molecule has 0 aliphatic carbocycles. The van der Waals surface area contributed by atoms with Crippen molar-refractivity contribution in [1.82, 2.24) is 0 Å². The summed E-state index contributed by atoms with van der Waals surface area (Å²) in [7, 11) is 0. The zero-order valence-corrected chi connectivity index (χ0v) is 38.3. The van der Waals surface area contributed by atoms with Crippen molar-refractivity contribution in [2.75, 3.05) is 0 Å². The van der Waals surface area contributed by atoms with Crippen LogP contribution in [0, 0.1) is 27.7 Å². The molecular weight excluding hydrogens is 745 g/mol. The highest BCUT2D eigenvalue weighted by atomic mass is 14.3. The Bertz CT molecular complexity index is 3090. The van der Waals surface area contributed by atoms with Gasteiger partial charge in [0.15, 0.2) is 0 Å². The molecule has 0 aliphatic heterocycles. The summed E-state index contributed by atoms with van der Waals surface area (Å²) in [6.45, 7) is 19.4. The molecule has 0 N–H and O–H groups in total. The van der Waals surface area contributed by atoms with Crippen molar-refractivity contribution in [3.63, 3.8) is 0 Å². The summed E-state index contributed by atoms with van der Waals surface area (Å²) >= 11 is 0. The van der Waals surface area contributed by atoms with Crippen LogP contribution in [-0.4, -0.2) is 0 Å². The van der Waals surface area contributed by atoms with Gasteiger partial charge < -0.3 is 0 Å². The second-order valence-electron chi connectivity index (χ2n) is 16.9. The molecule has 0 heteroatoms. The Hall–Kier alpha value is -6.50. The van der Waals surface area contributed by atoms with Crippen molar-refractivity contribution in [2.45, 2.75) is 81.1 Å². The first-order valence-corrected chi connectivity index (χ1v) is 22.6. The average molecular weight is 807 g/mol. The van der Waals surface area contributed by atoms with Gasteiger partial charge in [0.25, 0.3) is 0 Å². The maximum absolute atomic E-state index is 2.46. The fourth-order valence-electron chi connectivity index (χ4n) is 8.73. The van der Waals surface area contributed by atoms with Crippen LogP contribution in [0.3, 0.4) is 0 Å². The molecule has 0 saturated carbocycles. The van der Waals surface area contributed by atoms with Gasteiger partial charge in [-0.2, -0.15) is 0 Å². The molecular formula is C62H62. The standard InChI is InChI=1S/C40H28.C11H16.C8H10.C3H8/c1-3-4-19-29-25(2)22-23-30-33(29)24-34-36(27-13-7-5-8-14-27)39-31-20-11-17-26-18-12-21-32(35(26)31)40(39)37(38(30)34)28-15-9-6-10-16-28;1-4-10(3)11-7-5-9(2)6-8-11;1-7-3-5-8(2)6-4-7;1-3-2/h3-24H,1-2H3;5-8,10H,4H2,1-3H3;3-6H,1-2H3;3H2,1-2H3/b4-3-,29-19-;;;. The first-order chi connectivity index (χ1) is 30.2. The topological polar surface area (TPSA) is 0 Å². The molecule has 0 amide bonds. The molecule has 0 spiro atoms. The van der Waals surface area contributed by atoms with Gasteiger partial charge in [-0.25, -0.2) is 0 Å². The molecule has 0 fully saturated rings. The summed E-state index contributed by atoms with van der Waals surface area (Å²) in [5.74, 6) is 0.704. The Kier molecular flexibility index (Phi) is 14.0. The van der Waals surface area contributed by atoms with E-state index in [1.807, 2.05) is 0 Å². The van der Waals surface area contributed by atoms with Crippen LogP contribution in [0.25, 0.3) is 82.2 Å². The van der Waals surface area contributed by atoms with E-state index < -0.39 is 0 Å². The highest BCUT2D eigenvalue weighted by molar-refractivity contribution is 6.42. The van der Waals surface area contributed by atoms with Gasteiger partial charge in [-0.3, -0.25) is 0 Å². The van der Waals surface area contributed by atoms with E-state index in [-0.39, 0.29) is 0 Å². The van der Waals surface area contributed by atoms with Crippen LogP contribution in [0.4, 0.5) is 0 Å². The van der Waals surface area contributed by atoms with E-state index in [9.17, 15) is 0 Å². The van der Waals surface area contributed by atoms with Gasteiger partial charge in [-0.1, -0.05) is 227 Å². The Balaban J connectivity index is 0.000000215. The van der Waals surface area contributed by atoms with Gasteiger partial charge in [0.1, 0.15) is 0 Å². The summed E-state index contributed by atoms with van der Waals surface area (Å²) in [4.78, 5) is 0. The first kappa shape index (κ1) is 43.6. The fraction of sp³-hybridized carbons (Fsp3) is 0.194. The fourth-order valence-corrected chi connectivity index (χ4v) is 8.73. The number of hydrogen-bond donors (Lipinski definition) is 0. The smallest absolute Gasteiger partial charge is 0.000719 e. The number of hydrogen-bond acceptors (Lipinski definition) is 0. The van der Waals surface area contributed by atoms with Crippen LogP contribution in [0.15, 0.2) is 176 Å². The van der Waals surface area contributed by atoms with Gasteiger partial charge in [0.05, 0.1) is 0 Å². The molecule has 62 heavy (non-hydrogen) atoms. The molecule has 0 aliphatic rings. The van der Waals surface area contributed by atoms with E-state index >= 15 is 0 Å². The van der Waals surface area contributed by atoms with Gasteiger partial charge in [-0.05, 0) is 145 Å². The summed E-state index contributed by atoms with van der Waals surface area (Å²) in [5.41, 5.74) is 12.0. The van der Waals surface area contributed by atoms with Crippen LogP contribution in [0.5, 0.6) is 0 Å². The Morgan fingerprint density at radius 1 is 0.452 bits per heavy atom. The molecule has 0 saturated heterocycles. The van der Waals surface area contributed by atoms with Crippen LogP contribution < -0.4 is 5.22 Å². The molecule has 0 nitrogen and oxygen atoms in total. The maximum Gasteiger partial charge on any atom is -0.000719 e. The monoisotopic (exact) mass is 806 g/mol. The van der Waals surface area contributed by atoms with E-state index in [2.05, 4.69) is 244 Å². The van der Waals surface area contributed by atoms with Crippen LogP contribution in [0.2, 0.25) is 0 Å². The normalized spacial score (nSPS) is 12.0. The lowest BCUT2D eigenvalue weighted by molar-refractivity contribution is 0.733. The number of fused-ring (bicyclic) bond motifs is 6. The minimum atomic E-state index is 0.704. The summed E-state index contributed by atoms with van der Waals surface area (Å²) in [5, 5.41) is 14.7. The molecule has 10 aromatic carbocycles. The van der Waals surface area contributed by atoms with Crippen molar-refractivity contribution < 1.29 is 0 Å². The lowest BCUT2D eigenvalue weighted by Gasteiger charge is -2.15. The molecule has 10 aromatic rings. The predicted molar refractivity (Wildman–Crippen MR) is 277 cm³/mol. The Morgan fingerprint density at radius 2 is 0.952 bits per heavy atom. The lowest BCUT2D eigenvalue weighted by atomic mass is 9.88. The van der Waals surface area contributed by atoms with E-state index in [1.54, 1.807) is 0 Å². The lowest BCUT2D eigenvalue weighted by Crippen LogP contribution is -2.04. The van der Waals surface area contributed by atoms with E-state index in [0.29, 0.717) is 5.92 Å². The number of allylic oxidation sites excluding steroid dienone is 2. The summed E-state index contributed by atoms with van der Waals surface area (Å²) < 4.78 is 0. The molecule has 10 rings (SSSR count). The van der Waals surface area contributed by atoms with E-state index in [4.69, 9.17) is 0 Å². The second-order valence-corrected chi connectivity index (χ2v) is 16.9. The van der Waals surface area contributed by atoms with Gasteiger partial charge in [0.2, 0.25) is 0 Å². The third kappa shape index (κ3) is 8.93. The van der Waals surface area contributed by atoms with Crippen LogP contribution in [-0.2, 0) is 0 Å². The Morgan fingerprint density at radius 3 is 1.47 bits per heavy atom. The zero-order valence-electron chi connectivity index (χ0n) is 38.3. The number of benzene rings is 8. The first-order valence-electron chi connectivity index (χ1n) is 22.6. The molecule has 0 aromatic heterocycles. The SMILES string of the molecule is C/C=C\C=c1\c(C)ccc2c1cc1c(-c3ccccc3)c3c4cccc5cccc(c3c(-c3ccccc3)c12)c54.CCC.CCC(C)c1ccc(C)cc1.Cc1ccc(C)cc1. The molecule has 1 unspecified atom stereocenters. The largest absolute Gasteiger partial charge is 0.0876 e. The van der Waals surface area contributed by atoms with Gasteiger partial charge in [0, 0.05) is 0 Å². The van der Waals surface area contributed by atoms with Gasteiger partial charge in [-0.15, -0.1) is 0 Å². The average Bonchev–Trinajstić information content (AvgIpc) is 3.85. The highest BCUT2D eigenvalue weighted by Crippen LogP contribution is 2.53. The van der Waals surface area contributed by atoms with Crippen molar-refractivity contribution >= 4 is 59.9 Å². The summed E-state index contributed by atoms with van der Waals surface area (Å²) in [6.07, 6.45) is 9.01. The van der Waals surface area contributed by atoms with Crippen molar-refractivity contribution in [2.24, 2.45) is 0 Å². The predicted octanol–water partition coefficient (Wildman–Crippen LogP) is 17.8. The molecule has 1 atom stereocenters. The summed E-state index contributed by atoms with van der Waals surface area (Å²) in [6, 6.07) is 60.0. The van der Waals surface area contributed by atoms with E-state index in [0.717, 1.165) is 0 Å².